The minimum Gasteiger partial charge on any atom is -0.388 e. The van der Waals surface area contributed by atoms with Crippen molar-refractivity contribution in [3.05, 3.63) is 48.1 Å². The predicted octanol–water partition coefficient (Wildman–Crippen LogP) is 1.37. The minimum atomic E-state index is -4.17. The van der Waals surface area contributed by atoms with Gasteiger partial charge in [-0.15, -0.1) is 0 Å². The number of nitrogens with zero attached hydrogens (tertiary/aromatic N) is 3. The Balaban J connectivity index is 2.61. The molecule has 1 aromatic carbocycles. The zero-order valence-electron chi connectivity index (χ0n) is 10.9. The van der Waals surface area contributed by atoms with E-state index in [0.717, 1.165) is 23.4 Å². The lowest BCUT2D eigenvalue weighted by Crippen LogP contribution is -2.55. The molecule has 10 heteroatoms. The van der Waals surface area contributed by atoms with E-state index in [2.05, 4.69) is 22.3 Å². The molecule has 0 saturated heterocycles. The van der Waals surface area contributed by atoms with Crippen molar-refractivity contribution >= 4 is 17.2 Å². The van der Waals surface area contributed by atoms with Crippen molar-refractivity contribution in [1.29, 1.82) is 0 Å². The molecule has 0 aliphatic carbocycles. The normalized spacial score (nSPS) is 14.6. The second kappa shape index (κ2) is 5.61. The van der Waals surface area contributed by atoms with E-state index in [4.69, 9.17) is 5.73 Å². The van der Waals surface area contributed by atoms with E-state index < -0.39 is 40.3 Å². The first-order valence-corrected chi connectivity index (χ1v) is 6.27. The summed E-state index contributed by atoms with van der Waals surface area (Å²) in [5, 5.41) is 14.0. The topological polar surface area (TPSA) is 77.0 Å². The molecular formula is C12H10F4N4OS. The molecule has 0 bridgehead atoms. The zero-order chi connectivity index (χ0) is 16.5. The maximum absolute atomic E-state index is 14.3. The molecule has 0 amide bonds. The first kappa shape index (κ1) is 16.3. The third-order valence-corrected chi connectivity index (χ3v) is 3.32. The van der Waals surface area contributed by atoms with Crippen LogP contribution in [-0.4, -0.2) is 30.8 Å². The van der Waals surface area contributed by atoms with Crippen LogP contribution in [-0.2, 0) is 12.1 Å². The van der Waals surface area contributed by atoms with Crippen molar-refractivity contribution in [3.8, 4) is 0 Å². The van der Waals surface area contributed by atoms with Gasteiger partial charge in [0.2, 0.25) is 0 Å². The summed E-state index contributed by atoms with van der Waals surface area (Å²) in [6.45, 7) is -0.889. The van der Waals surface area contributed by atoms with Crippen molar-refractivity contribution in [3.63, 3.8) is 0 Å². The van der Waals surface area contributed by atoms with Crippen LogP contribution in [0.15, 0.2) is 30.9 Å². The molecule has 0 aliphatic heterocycles. The number of aliphatic hydroxyl groups is 1. The van der Waals surface area contributed by atoms with Crippen molar-refractivity contribution in [1.82, 2.24) is 14.8 Å². The Bertz CT molecular complexity index is 694. The van der Waals surface area contributed by atoms with E-state index in [1.54, 1.807) is 0 Å². The Morgan fingerprint density at radius 2 is 2.05 bits per heavy atom. The maximum Gasteiger partial charge on any atom is 0.331 e. The average molecular weight is 334 g/mol. The monoisotopic (exact) mass is 334 g/mol. The van der Waals surface area contributed by atoms with Gasteiger partial charge in [0.15, 0.2) is 5.60 Å². The van der Waals surface area contributed by atoms with Gasteiger partial charge in [-0.1, -0.05) is 12.2 Å². The summed E-state index contributed by atoms with van der Waals surface area (Å²) in [7, 11) is 0. The van der Waals surface area contributed by atoms with Gasteiger partial charge in [0.1, 0.15) is 29.3 Å². The van der Waals surface area contributed by atoms with Crippen LogP contribution < -0.4 is 5.73 Å². The number of hydrogen-bond donors (Lipinski definition) is 2. The molecule has 2 rings (SSSR count). The molecule has 1 heterocycles. The molecule has 1 unspecified atom stereocenters. The van der Waals surface area contributed by atoms with Crippen molar-refractivity contribution < 1.29 is 22.7 Å². The molecule has 0 radical (unpaired) electrons. The summed E-state index contributed by atoms with van der Waals surface area (Å²) < 4.78 is 56.4. The van der Waals surface area contributed by atoms with E-state index in [-0.39, 0.29) is 0 Å². The standard InChI is InChI=1S/C12H10F4N4OS/c13-7-1-2-8(9(14)3-7)11(21,12(15,16)10(17)22)4-20-6-18-5-19-20/h1-3,5-6,21H,4H2,(H2,17,22). The summed E-state index contributed by atoms with van der Waals surface area (Å²) in [6.07, 6.45) is 2.09. The second-order valence-corrected chi connectivity index (χ2v) is 4.96. The molecule has 1 atom stereocenters. The molecule has 3 N–H and O–H groups in total. The summed E-state index contributed by atoms with van der Waals surface area (Å²) >= 11 is 4.27. The number of aromatic nitrogens is 3. The predicted molar refractivity (Wildman–Crippen MR) is 72.0 cm³/mol. The molecule has 22 heavy (non-hydrogen) atoms. The second-order valence-electron chi connectivity index (χ2n) is 4.52. The lowest BCUT2D eigenvalue weighted by Gasteiger charge is -2.35. The molecule has 1 aromatic heterocycles. The smallest absolute Gasteiger partial charge is 0.331 e. The zero-order valence-corrected chi connectivity index (χ0v) is 11.7. The quantitative estimate of drug-likeness (QED) is 0.638. The van der Waals surface area contributed by atoms with Gasteiger partial charge in [0, 0.05) is 11.6 Å². The molecule has 5 nitrogen and oxygen atoms in total. The van der Waals surface area contributed by atoms with Gasteiger partial charge in [0.05, 0.1) is 6.54 Å². The van der Waals surface area contributed by atoms with Gasteiger partial charge in [-0.25, -0.2) is 18.4 Å². The fraction of sp³-hybridized carbons (Fsp3) is 0.250. The molecular weight excluding hydrogens is 324 g/mol. The van der Waals surface area contributed by atoms with Crippen LogP contribution in [0.2, 0.25) is 0 Å². The molecule has 118 valence electrons. The first-order valence-electron chi connectivity index (χ1n) is 5.86. The van der Waals surface area contributed by atoms with Gasteiger partial charge in [-0.3, -0.25) is 0 Å². The van der Waals surface area contributed by atoms with Gasteiger partial charge < -0.3 is 10.8 Å². The van der Waals surface area contributed by atoms with Gasteiger partial charge in [0.25, 0.3) is 0 Å². The van der Waals surface area contributed by atoms with Crippen molar-refractivity contribution in [2.24, 2.45) is 5.73 Å². The highest BCUT2D eigenvalue weighted by molar-refractivity contribution is 7.80. The van der Waals surface area contributed by atoms with E-state index in [1.165, 1.54) is 0 Å². The van der Waals surface area contributed by atoms with Crippen molar-refractivity contribution in [2.75, 3.05) is 0 Å². The third kappa shape index (κ3) is 2.66. The molecule has 0 saturated carbocycles. The molecule has 0 aliphatic rings. The highest BCUT2D eigenvalue weighted by Gasteiger charge is 2.58. The van der Waals surface area contributed by atoms with Gasteiger partial charge in [-0.2, -0.15) is 13.9 Å². The number of benzene rings is 1. The van der Waals surface area contributed by atoms with E-state index in [0.29, 0.717) is 12.1 Å². The fourth-order valence-electron chi connectivity index (χ4n) is 1.93. The minimum absolute atomic E-state index is 0.372. The number of hydrogen-bond acceptors (Lipinski definition) is 4. The van der Waals surface area contributed by atoms with E-state index in [9.17, 15) is 22.7 Å². The van der Waals surface area contributed by atoms with Gasteiger partial charge in [-0.05, 0) is 12.1 Å². The van der Waals surface area contributed by atoms with Crippen LogP contribution in [0, 0.1) is 11.6 Å². The SMILES string of the molecule is NC(=S)C(F)(F)C(O)(Cn1cncn1)c1ccc(F)cc1F. The van der Waals surface area contributed by atoms with Crippen LogP contribution in [0.25, 0.3) is 0 Å². The van der Waals surface area contributed by atoms with Crippen LogP contribution >= 0.6 is 12.2 Å². The fourth-order valence-corrected chi connectivity index (χ4v) is 2.10. The summed E-state index contributed by atoms with van der Waals surface area (Å²) in [4.78, 5) is 2.21. The van der Waals surface area contributed by atoms with Crippen LogP contribution in [0.1, 0.15) is 5.56 Å². The van der Waals surface area contributed by atoms with Crippen LogP contribution in [0.5, 0.6) is 0 Å². The Morgan fingerprint density at radius 1 is 1.36 bits per heavy atom. The van der Waals surface area contributed by atoms with Crippen LogP contribution in [0.3, 0.4) is 0 Å². The Labute approximate surface area is 127 Å². The van der Waals surface area contributed by atoms with Crippen molar-refractivity contribution in [2.45, 2.75) is 18.1 Å². The average Bonchev–Trinajstić information content (AvgIpc) is 2.90. The highest BCUT2D eigenvalue weighted by atomic mass is 32.1. The van der Waals surface area contributed by atoms with E-state index >= 15 is 0 Å². The largest absolute Gasteiger partial charge is 0.388 e. The lowest BCUT2D eigenvalue weighted by molar-refractivity contribution is -0.154. The molecule has 2 aromatic rings. The Hall–Kier alpha value is -2.07. The van der Waals surface area contributed by atoms with E-state index in [1.807, 2.05) is 0 Å². The maximum atomic E-state index is 14.3. The lowest BCUT2D eigenvalue weighted by atomic mass is 9.86. The first-order chi connectivity index (χ1) is 10.2. The molecule has 0 fully saturated rings. The summed E-state index contributed by atoms with van der Waals surface area (Å²) in [5.41, 5.74) is 0.961. The number of halogens is 4. The number of thiocarbonyl (C=S) groups is 1. The number of alkyl halides is 2. The Morgan fingerprint density at radius 3 is 2.55 bits per heavy atom. The summed E-state index contributed by atoms with van der Waals surface area (Å²) in [6, 6.07) is 1.81. The number of nitrogens with two attached hydrogens (primary N) is 1. The Kier molecular flexibility index (Phi) is 4.16. The third-order valence-electron chi connectivity index (χ3n) is 3.06. The summed E-state index contributed by atoms with van der Waals surface area (Å²) in [5.74, 6) is -6.52. The van der Waals surface area contributed by atoms with Gasteiger partial charge >= 0.3 is 5.92 Å². The highest BCUT2D eigenvalue weighted by Crippen LogP contribution is 2.40. The molecule has 0 spiro atoms. The van der Waals surface area contributed by atoms with Crippen LogP contribution in [0.4, 0.5) is 17.6 Å². The number of rotatable bonds is 5.